The van der Waals surface area contributed by atoms with Gasteiger partial charge in [0.05, 0.1) is 19.0 Å². The number of hydrogen-bond acceptors (Lipinski definition) is 3. The summed E-state index contributed by atoms with van der Waals surface area (Å²) in [5, 5.41) is 3.42. The molecule has 0 aliphatic carbocycles. The number of aryl methyl sites for hydroxylation is 2. The predicted octanol–water partition coefficient (Wildman–Crippen LogP) is 3.32. The lowest BCUT2D eigenvalue weighted by molar-refractivity contribution is 0.416. The van der Waals surface area contributed by atoms with Gasteiger partial charge in [0.15, 0.2) is 0 Å². The standard InChI is InChI=1S/C17H25N3O/c1-12(2)18-9-5-6-17-19-11-15(20-17)14-10-13(3)7-8-16(14)21-4/h7-8,10-12,18H,5-6,9H2,1-4H3,(H,19,20). The lowest BCUT2D eigenvalue weighted by Crippen LogP contribution is -2.24. The van der Waals surface area contributed by atoms with Crippen LogP contribution < -0.4 is 10.1 Å². The van der Waals surface area contributed by atoms with E-state index in [2.05, 4.69) is 48.2 Å². The van der Waals surface area contributed by atoms with Crippen LogP contribution in [0.25, 0.3) is 11.3 Å². The Morgan fingerprint density at radius 2 is 2.14 bits per heavy atom. The second-order valence-electron chi connectivity index (χ2n) is 5.66. The third-order valence-electron chi connectivity index (χ3n) is 3.42. The summed E-state index contributed by atoms with van der Waals surface area (Å²) >= 11 is 0. The van der Waals surface area contributed by atoms with Crippen LogP contribution in [0.4, 0.5) is 0 Å². The zero-order chi connectivity index (χ0) is 15.2. The van der Waals surface area contributed by atoms with Crippen LogP contribution in [-0.4, -0.2) is 29.7 Å². The molecule has 0 aliphatic heterocycles. The number of ether oxygens (including phenoxy) is 1. The fourth-order valence-electron chi connectivity index (χ4n) is 2.31. The molecule has 0 atom stereocenters. The van der Waals surface area contributed by atoms with Crippen molar-refractivity contribution >= 4 is 0 Å². The van der Waals surface area contributed by atoms with Crippen LogP contribution in [0.2, 0.25) is 0 Å². The van der Waals surface area contributed by atoms with E-state index in [1.54, 1.807) is 7.11 Å². The quantitative estimate of drug-likeness (QED) is 0.768. The molecule has 2 rings (SSSR count). The molecule has 1 aromatic heterocycles. The lowest BCUT2D eigenvalue weighted by atomic mass is 10.1. The van der Waals surface area contributed by atoms with Crippen LogP contribution in [0.5, 0.6) is 5.75 Å². The Morgan fingerprint density at radius 1 is 1.33 bits per heavy atom. The molecule has 0 aliphatic rings. The minimum Gasteiger partial charge on any atom is -0.496 e. The number of nitrogens with one attached hydrogen (secondary N) is 2. The van der Waals surface area contributed by atoms with Gasteiger partial charge in [-0.15, -0.1) is 0 Å². The molecule has 0 spiro atoms. The van der Waals surface area contributed by atoms with E-state index in [1.165, 1.54) is 5.56 Å². The zero-order valence-corrected chi connectivity index (χ0v) is 13.4. The molecule has 0 bridgehead atoms. The maximum Gasteiger partial charge on any atom is 0.128 e. The Hall–Kier alpha value is -1.81. The van der Waals surface area contributed by atoms with Crippen LogP contribution in [0.15, 0.2) is 24.4 Å². The molecule has 4 heteroatoms. The Morgan fingerprint density at radius 3 is 2.86 bits per heavy atom. The fourth-order valence-corrected chi connectivity index (χ4v) is 2.31. The molecule has 2 N–H and O–H groups in total. The van der Waals surface area contributed by atoms with Crippen molar-refractivity contribution in [1.29, 1.82) is 0 Å². The molecule has 0 unspecified atom stereocenters. The largest absolute Gasteiger partial charge is 0.496 e. The number of nitrogens with zero attached hydrogens (tertiary/aromatic N) is 1. The van der Waals surface area contributed by atoms with Gasteiger partial charge in [-0.05, 0) is 32.0 Å². The molecule has 114 valence electrons. The van der Waals surface area contributed by atoms with E-state index in [4.69, 9.17) is 4.74 Å². The number of H-pyrrole nitrogens is 1. The first-order valence-corrected chi connectivity index (χ1v) is 7.52. The number of rotatable bonds is 7. The van der Waals surface area contributed by atoms with Gasteiger partial charge in [-0.3, -0.25) is 0 Å². The summed E-state index contributed by atoms with van der Waals surface area (Å²) in [4.78, 5) is 7.88. The highest BCUT2D eigenvalue weighted by molar-refractivity contribution is 5.67. The van der Waals surface area contributed by atoms with E-state index in [0.29, 0.717) is 6.04 Å². The van der Waals surface area contributed by atoms with Crippen LogP contribution in [-0.2, 0) is 6.42 Å². The molecule has 0 radical (unpaired) electrons. The third kappa shape index (κ3) is 4.33. The van der Waals surface area contributed by atoms with Crippen LogP contribution in [0, 0.1) is 6.92 Å². The number of imidazole rings is 1. The van der Waals surface area contributed by atoms with Gasteiger partial charge in [-0.25, -0.2) is 4.98 Å². The molecule has 0 fully saturated rings. The topological polar surface area (TPSA) is 49.9 Å². The summed E-state index contributed by atoms with van der Waals surface area (Å²) < 4.78 is 5.43. The normalized spacial score (nSPS) is 11.1. The summed E-state index contributed by atoms with van der Waals surface area (Å²) in [6.07, 6.45) is 3.92. The lowest BCUT2D eigenvalue weighted by Gasteiger charge is -2.08. The first-order chi connectivity index (χ1) is 10.1. The summed E-state index contributed by atoms with van der Waals surface area (Å²) in [6.45, 7) is 7.42. The van der Waals surface area contributed by atoms with Crippen molar-refractivity contribution in [1.82, 2.24) is 15.3 Å². The molecule has 21 heavy (non-hydrogen) atoms. The molecular weight excluding hydrogens is 262 g/mol. The van der Waals surface area contributed by atoms with Gasteiger partial charge in [-0.2, -0.15) is 0 Å². The molecule has 1 aromatic carbocycles. The SMILES string of the molecule is COc1ccc(C)cc1-c1cnc(CCCNC(C)C)[nH]1. The highest BCUT2D eigenvalue weighted by Crippen LogP contribution is 2.29. The number of methoxy groups -OCH3 is 1. The maximum absolute atomic E-state index is 5.43. The van der Waals surface area contributed by atoms with Gasteiger partial charge in [0, 0.05) is 18.0 Å². The maximum atomic E-state index is 5.43. The summed E-state index contributed by atoms with van der Waals surface area (Å²) in [6, 6.07) is 6.71. The second kappa shape index (κ2) is 7.27. The molecule has 0 saturated carbocycles. The van der Waals surface area contributed by atoms with E-state index in [-0.39, 0.29) is 0 Å². The van der Waals surface area contributed by atoms with Gasteiger partial charge in [-0.1, -0.05) is 25.5 Å². The second-order valence-corrected chi connectivity index (χ2v) is 5.66. The molecule has 0 amide bonds. The van der Waals surface area contributed by atoms with Crippen molar-refractivity contribution < 1.29 is 4.74 Å². The van der Waals surface area contributed by atoms with Crippen molar-refractivity contribution in [3.8, 4) is 17.0 Å². The molecular formula is C17H25N3O. The monoisotopic (exact) mass is 287 g/mol. The number of aromatic amines is 1. The minimum atomic E-state index is 0.536. The van der Waals surface area contributed by atoms with E-state index in [0.717, 1.165) is 42.2 Å². The summed E-state index contributed by atoms with van der Waals surface area (Å²) in [5.74, 6) is 1.90. The first kappa shape index (κ1) is 15.6. The van der Waals surface area contributed by atoms with Crippen LogP contribution >= 0.6 is 0 Å². The van der Waals surface area contributed by atoms with Crippen molar-refractivity contribution in [2.75, 3.05) is 13.7 Å². The van der Waals surface area contributed by atoms with Gasteiger partial charge in [0.2, 0.25) is 0 Å². The third-order valence-corrected chi connectivity index (χ3v) is 3.42. The highest BCUT2D eigenvalue weighted by Gasteiger charge is 2.09. The van der Waals surface area contributed by atoms with Crippen LogP contribution in [0.3, 0.4) is 0 Å². The fraction of sp³-hybridized carbons (Fsp3) is 0.471. The minimum absolute atomic E-state index is 0.536. The Kier molecular flexibility index (Phi) is 5.39. The molecule has 1 heterocycles. The van der Waals surface area contributed by atoms with E-state index < -0.39 is 0 Å². The van der Waals surface area contributed by atoms with E-state index in [1.807, 2.05) is 12.3 Å². The van der Waals surface area contributed by atoms with Crippen molar-refractivity contribution in [2.24, 2.45) is 0 Å². The van der Waals surface area contributed by atoms with Gasteiger partial charge in [0.25, 0.3) is 0 Å². The average molecular weight is 287 g/mol. The number of aromatic nitrogens is 2. The number of benzene rings is 1. The Balaban J connectivity index is 2.04. The van der Waals surface area contributed by atoms with E-state index in [9.17, 15) is 0 Å². The Bertz CT molecular complexity index is 575. The van der Waals surface area contributed by atoms with Crippen molar-refractivity contribution in [3.63, 3.8) is 0 Å². The van der Waals surface area contributed by atoms with E-state index >= 15 is 0 Å². The smallest absolute Gasteiger partial charge is 0.128 e. The van der Waals surface area contributed by atoms with Gasteiger partial charge < -0.3 is 15.0 Å². The van der Waals surface area contributed by atoms with Crippen molar-refractivity contribution in [3.05, 3.63) is 35.8 Å². The van der Waals surface area contributed by atoms with Gasteiger partial charge >= 0.3 is 0 Å². The first-order valence-electron chi connectivity index (χ1n) is 7.52. The molecule has 4 nitrogen and oxygen atoms in total. The Labute approximate surface area is 127 Å². The highest BCUT2D eigenvalue weighted by atomic mass is 16.5. The molecule has 0 saturated heterocycles. The average Bonchev–Trinajstić information content (AvgIpc) is 2.92. The van der Waals surface area contributed by atoms with Crippen molar-refractivity contribution in [2.45, 2.75) is 39.7 Å². The number of hydrogen-bond donors (Lipinski definition) is 2. The van der Waals surface area contributed by atoms with Crippen LogP contribution in [0.1, 0.15) is 31.7 Å². The summed E-state index contributed by atoms with van der Waals surface area (Å²) in [5.41, 5.74) is 3.29. The predicted molar refractivity (Wildman–Crippen MR) is 86.8 cm³/mol. The molecule has 2 aromatic rings. The van der Waals surface area contributed by atoms with Gasteiger partial charge in [0.1, 0.15) is 11.6 Å². The zero-order valence-electron chi connectivity index (χ0n) is 13.4. The summed E-state index contributed by atoms with van der Waals surface area (Å²) in [7, 11) is 1.70.